The Hall–Kier alpha value is -1.70. The number of nitrogens with one attached hydrogen (secondary N) is 1. The molecule has 6 nitrogen and oxygen atoms in total. The van der Waals surface area contributed by atoms with Crippen molar-refractivity contribution in [3.05, 3.63) is 35.4 Å². The Kier molecular flexibility index (Phi) is 6.76. The minimum Gasteiger partial charge on any atom is -0.420 e. The van der Waals surface area contributed by atoms with Crippen LogP contribution in [0.3, 0.4) is 0 Å². The fourth-order valence-corrected chi connectivity index (χ4v) is 2.74. The van der Waals surface area contributed by atoms with Gasteiger partial charge in [-0.25, -0.2) is 5.32 Å². The Morgan fingerprint density at radius 3 is 3.04 bits per heavy atom. The van der Waals surface area contributed by atoms with Crippen LogP contribution in [-0.2, 0) is 25.7 Å². The van der Waals surface area contributed by atoms with Gasteiger partial charge in [-0.3, -0.25) is 14.4 Å². The van der Waals surface area contributed by atoms with Crippen LogP contribution in [-0.4, -0.2) is 35.6 Å². The summed E-state index contributed by atoms with van der Waals surface area (Å²) in [7, 11) is 0. The van der Waals surface area contributed by atoms with Gasteiger partial charge in [-0.05, 0) is 23.8 Å². The second-order valence-corrected chi connectivity index (χ2v) is 6.33. The van der Waals surface area contributed by atoms with Crippen molar-refractivity contribution < 1.29 is 23.9 Å². The molecule has 1 aromatic carbocycles. The fourth-order valence-electron chi connectivity index (χ4n) is 2.16. The van der Waals surface area contributed by atoms with Gasteiger partial charge in [0.15, 0.2) is 5.12 Å². The molecule has 2 rings (SSSR count). The number of hydrogen-bond donors (Lipinski definition) is 1. The Morgan fingerprint density at radius 2 is 2.30 bits per heavy atom. The highest BCUT2D eigenvalue weighted by atomic mass is 32.2. The molecule has 1 heterocycles. The van der Waals surface area contributed by atoms with Gasteiger partial charge in [-0.2, -0.15) is 0 Å². The Balaban J connectivity index is 1.78. The van der Waals surface area contributed by atoms with Crippen LogP contribution in [0.1, 0.15) is 35.7 Å². The predicted molar refractivity (Wildman–Crippen MR) is 85.8 cm³/mol. The van der Waals surface area contributed by atoms with Crippen LogP contribution in [0.4, 0.5) is 0 Å². The number of benzene rings is 1. The van der Waals surface area contributed by atoms with Crippen molar-refractivity contribution in [2.24, 2.45) is 0 Å². The Morgan fingerprint density at radius 1 is 1.48 bits per heavy atom. The molecule has 2 unspecified atom stereocenters. The van der Waals surface area contributed by atoms with Crippen molar-refractivity contribution in [1.82, 2.24) is 5.32 Å². The van der Waals surface area contributed by atoms with Crippen LogP contribution in [0.25, 0.3) is 0 Å². The Labute approximate surface area is 138 Å². The van der Waals surface area contributed by atoms with Crippen molar-refractivity contribution >= 4 is 29.1 Å². The van der Waals surface area contributed by atoms with E-state index in [9.17, 15) is 14.4 Å². The van der Waals surface area contributed by atoms with E-state index in [1.807, 2.05) is 13.0 Å². The molecule has 0 aromatic heterocycles. The zero-order valence-electron chi connectivity index (χ0n) is 12.8. The van der Waals surface area contributed by atoms with Crippen LogP contribution in [0, 0.1) is 0 Å². The SMILES string of the molecule is CCSC(=O)CCC1NC(OCc2cccc(C=O)c2)OC1=O. The number of thioether (sulfide) groups is 1. The minimum atomic E-state index is -0.832. The smallest absolute Gasteiger partial charge is 0.326 e. The van der Waals surface area contributed by atoms with Gasteiger partial charge in [0, 0.05) is 12.0 Å². The van der Waals surface area contributed by atoms with Gasteiger partial charge in [-0.15, -0.1) is 0 Å². The molecular weight excluding hydrogens is 318 g/mol. The number of carbonyl (C=O) groups excluding carboxylic acids is 3. The van der Waals surface area contributed by atoms with Gasteiger partial charge in [0.05, 0.1) is 6.61 Å². The van der Waals surface area contributed by atoms with Crippen LogP contribution in [0.5, 0.6) is 0 Å². The molecule has 0 saturated carbocycles. The molecule has 1 N–H and O–H groups in total. The predicted octanol–water partition coefficient (Wildman–Crippen LogP) is 1.87. The molecule has 0 amide bonds. The molecule has 0 radical (unpaired) electrons. The number of carbonyl (C=O) groups is 3. The molecule has 23 heavy (non-hydrogen) atoms. The second kappa shape index (κ2) is 8.81. The summed E-state index contributed by atoms with van der Waals surface area (Å²) in [5.74, 6) is 0.318. The third-order valence-electron chi connectivity index (χ3n) is 3.28. The van der Waals surface area contributed by atoms with E-state index in [1.165, 1.54) is 11.8 Å². The van der Waals surface area contributed by atoms with Crippen LogP contribution in [0.2, 0.25) is 0 Å². The number of cyclic esters (lactones) is 1. The van der Waals surface area contributed by atoms with Gasteiger partial charge in [-0.1, -0.05) is 36.9 Å². The highest BCUT2D eigenvalue weighted by molar-refractivity contribution is 8.13. The maximum atomic E-state index is 11.7. The summed E-state index contributed by atoms with van der Waals surface area (Å²) < 4.78 is 10.6. The lowest BCUT2D eigenvalue weighted by atomic mass is 10.1. The zero-order valence-corrected chi connectivity index (χ0v) is 13.6. The number of rotatable bonds is 8. The number of aldehydes is 1. The van der Waals surface area contributed by atoms with E-state index >= 15 is 0 Å². The second-order valence-electron chi connectivity index (χ2n) is 5.01. The summed E-state index contributed by atoms with van der Waals surface area (Å²) in [5, 5.41) is 2.98. The number of hydrogen-bond acceptors (Lipinski definition) is 7. The number of esters is 1. The van der Waals surface area contributed by atoms with Crippen LogP contribution >= 0.6 is 11.8 Å². The van der Waals surface area contributed by atoms with E-state index in [2.05, 4.69) is 5.32 Å². The first-order valence-electron chi connectivity index (χ1n) is 7.40. The standard InChI is InChI=1S/C16H19NO5S/c1-2-23-14(19)7-6-13-15(20)22-16(17-13)21-10-12-5-3-4-11(8-12)9-18/h3-5,8-9,13,16-17H,2,6-7,10H2,1H3. The lowest BCUT2D eigenvalue weighted by Gasteiger charge is -2.11. The van der Waals surface area contributed by atoms with Gasteiger partial charge in [0.1, 0.15) is 12.3 Å². The highest BCUT2D eigenvalue weighted by Gasteiger charge is 2.34. The Bertz CT molecular complexity index is 577. The van der Waals surface area contributed by atoms with E-state index in [0.717, 1.165) is 17.6 Å². The van der Waals surface area contributed by atoms with Crippen molar-refractivity contribution in [2.75, 3.05) is 5.75 Å². The monoisotopic (exact) mass is 337 g/mol. The minimum absolute atomic E-state index is 0.0668. The molecule has 1 fully saturated rings. The van der Waals surface area contributed by atoms with E-state index in [4.69, 9.17) is 9.47 Å². The average Bonchev–Trinajstić information content (AvgIpc) is 2.91. The maximum absolute atomic E-state index is 11.7. The maximum Gasteiger partial charge on any atom is 0.326 e. The molecule has 1 aliphatic rings. The van der Waals surface area contributed by atoms with Gasteiger partial charge in [0.25, 0.3) is 6.41 Å². The lowest BCUT2D eigenvalue weighted by molar-refractivity contribution is -0.167. The third kappa shape index (κ3) is 5.46. The molecule has 1 aromatic rings. The van der Waals surface area contributed by atoms with Crippen LogP contribution < -0.4 is 5.32 Å². The van der Waals surface area contributed by atoms with Crippen molar-refractivity contribution in [3.8, 4) is 0 Å². The lowest BCUT2D eigenvalue weighted by Crippen LogP contribution is -2.33. The summed E-state index contributed by atoms with van der Waals surface area (Å²) in [6.07, 6.45) is 0.643. The average molecular weight is 337 g/mol. The van der Waals surface area contributed by atoms with E-state index in [0.29, 0.717) is 18.4 Å². The van der Waals surface area contributed by atoms with Crippen molar-refractivity contribution in [1.29, 1.82) is 0 Å². The first kappa shape index (κ1) is 17.7. The van der Waals surface area contributed by atoms with E-state index < -0.39 is 18.4 Å². The summed E-state index contributed by atoms with van der Waals surface area (Å²) in [5.41, 5.74) is 1.37. The quantitative estimate of drug-likeness (QED) is 0.573. The summed E-state index contributed by atoms with van der Waals surface area (Å²) in [6, 6.07) is 6.47. The van der Waals surface area contributed by atoms with Gasteiger partial charge in [0.2, 0.25) is 0 Å². The van der Waals surface area contributed by atoms with Gasteiger partial charge >= 0.3 is 5.97 Å². The third-order valence-corrected chi connectivity index (χ3v) is 4.09. The summed E-state index contributed by atoms with van der Waals surface area (Å²) >= 11 is 1.25. The molecule has 124 valence electrons. The number of ether oxygens (including phenoxy) is 2. The molecule has 1 saturated heterocycles. The van der Waals surface area contributed by atoms with E-state index in [1.54, 1.807) is 18.2 Å². The molecule has 0 bridgehead atoms. The van der Waals surface area contributed by atoms with Crippen LogP contribution in [0.15, 0.2) is 24.3 Å². The van der Waals surface area contributed by atoms with Crippen molar-refractivity contribution in [2.45, 2.75) is 38.8 Å². The normalized spacial score (nSPS) is 20.3. The molecule has 7 heteroatoms. The first-order valence-corrected chi connectivity index (χ1v) is 8.39. The fraction of sp³-hybridized carbons (Fsp3) is 0.438. The summed E-state index contributed by atoms with van der Waals surface area (Å²) in [4.78, 5) is 33.9. The van der Waals surface area contributed by atoms with Crippen molar-refractivity contribution in [3.63, 3.8) is 0 Å². The zero-order chi connectivity index (χ0) is 16.7. The molecule has 0 spiro atoms. The summed E-state index contributed by atoms with van der Waals surface area (Å²) in [6.45, 7) is 2.12. The topological polar surface area (TPSA) is 81.7 Å². The largest absolute Gasteiger partial charge is 0.420 e. The molecular formula is C16H19NO5S. The van der Waals surface area contributed by atoms with E-state index in [-0.39, 0.29) is 11.7 Å². The van der Waals surface area contributed by atoms with Gasteiger partial charge < -0.3 is 9.47 Å². The molecule has 0 aliphatic carbocycles. The molecule has 2 atom stereocenters. The molecule has 1 aliphatic heterocycles. The first-order chi connectivity index (χ1) is 11.1. The highest BCUT2D eigenvalue weighted by Crippen LogP contribution is 2.16.